The molecule has 0 spiro atoms. The Balaban J connectivity index is 1.90. The van der Waals surface area contributed by atoms with Crippen molar-refractivity contribution in [1.82, 2.24) is 14.7 Å². The molecule has 4 heteroatoms. The number of hydrogen-bond donors (Lipinski definition) is 0. The molecule has 1 unspecified atom stereocenters. The molecule has 0 N–H and O–H groups in total. The molecule has 1 aromatic heterocycles. The van der Waals surface area contributed by atoms with Crippen LogP contribution in [0.25, 0.3) is 10.9 Å². The van der Waals surface area contributed by atoms with Crippen molar-refractivity contribution in [2.45, 2.75) is 18.3 Å². The molecule has 0 aliphatic carbocycles. The van der Waals surface area contributed by atoms with Crippen LogP contribution in [0.15, 0.2) is 24.3 Å². The number of nitrogens with zero attached hydrogens (tertiary/aromatic N) is 3. The lowest BCUT2D eigenvalue weighted by Crippen LogP contribution is -2.20. The second-order valence-electron chi connectivity index (χ2n) is 4.71. The molecule has 0 amide bonds. The largest absolute Gasteiger partial charge is 0.296 e. The van der Waals surface area contributed by atoms with Crippen LogP contribution < -0.4 is 0 Å². The Kier molecular flexibility index (Phi) is 2.81. The van der Waals surface area contributed by atoms with E-state index in [4.69, 9.17) is 11.6 Å². The maximum Gasteiger partial charge on any atom is 0.0843 e. The van der Waals surface area contributed by atoms with Gasteiger partial charge in [-0.2, -0.15) is 5.10 Å². The Labute approximate surface area is 106 Å². The number of aryl methyl sites for hydroxylation is 1. The summed E-state index contributed by atoms with van der Waals surface area (Å²) in [4.78, 5) is 2.38. The van der Waals surface area contributed by atoms with Crippen molar-refractivity contribution in [2.24, 2.45) is 7.05 Å². The number of aromatic nitrogens is 2. The standard InChI is InChI=1S/C13H16ClN3/c1-16-13-5-3-2-4-11(13)12(15-16)9-17-7-6-10(14)8-17/h2-5,10H,6-9H2,1H3. The Bertz CT molecular complexity index is 534. The second kappa shape index (κ2) is 4.31. The fraction of sp³-hybridized carbons (Fsp3) is 0.462. The molecule has 2 aromatic rings. The monoisotopic (exact) mass is 249 g/mol. The summed E-state index contributed by atoms with van der Waals surface area (Å²) in [6, 6.07) is 8.38. The first-order chi connectivity index (χ1) is 8.24. The first kappa shape index (κ1) is 11.1. The number of fused-ring (bicyclic) bond motifs is 1. The van der Waals surface area contributed by atoms with E-state index in [0.717, 1.165) is 31.7 Å². The summed E-state index contributed by atoms with van der Waals surface area (Å²) >= 11 is 6.13. The van der Waals surface area contributed by atoms with Gasteiger partial charge in [0.15, 0.2) is 0 Å². The van der Waals surface area contributed by atoms with Gasteiger partial charge in [0, 0.05) is 37.4 Å². The van der Waals surface area contributed by atoms with Crippen LogP contribution in [0, 0.1) is 0 Å². The van der Waals surface area contributed by atoms with E-state index >= 15 is 0 Å². The minimum Gasteiger partial charge on any atom is -0.296 e. The first-order valence-corrected chi connectivity index (χ1v) is 6.45. The van der Waals surface area contributed by atoms with Crippen molar-refractivity contribution in [3.63, 3.8) is 0 Å². The molecule has 0 saturated carbocycles. The number of hydrogen-bond acceptors (Lipinski definition) is 2. The van der Waals surface area contributed by atoms with E-state index in [1.807, 2.05) is 11.7 Å². The molecule has 3 nitrogen and oxygen atoms in total. The van der Waals surface area contributed by atoms with Crippen LogP contribution in [0.5, 0.6) is 0 Å². The van der Waals surface area contributed by atoms with E-state index in [-0.39, 0.29) is 0 Å². The molecular formula is C13H16ClN3. The number of alkyl halides is 1. The molecule has 1 fully saturated rings. The fourth-order valence-corrected chi connectivity index (χ4v) is 2.84. The van der Waals surface area contributed by atoms with Crippen LogP contribution in [-0.4, -0.2) is 33.1 Å². The molecule has 2 heterocycles. The van der Waals surface area contributed by atoms with Crippen molar-refractivity contribution in [3.05, 3.63) is 30.0 Å². The highest BCUT2D eigenvalue weighted by Gasteiger charge is 2.21. The molecule has 1 aliphatic heterocycles. The van der Waals surface area contributed by atoms with Crippen LogP contribution in [0.4, 0.5) is 0 Å². The Hall–Kier alpha value is -1.06. The minimum atomic E-state index is 0.310. The average molecular weight is 250 g/mol. The molecule has 1 aromatic carbocycles. The van der Waals surface area contributed by atoms with Gasteiger partial charge in [0.1, 0.15) is 0 Å². The zero-order valence-corrected chi connectivity index (χ0v) is 10.7. The van der Waals surface area contributed by atoms with Crippen LogP contribution in [0.2, 0.25) is 0 Å². The molecular weight excluding hydrogens is 234 g/mol. The molecule has 0 radical (unpaired) electrons. The summed E-state index contributed by atoms with van der Waals surface area (Å²) in [7, 11) is 2.00. The Morgan fingerprint density at radius 2 is 2.24 bits per heavy atom. The van der Waals surface area contributed by atoms with E-state index < -0.39 is 0 Å². The zero-order chi connectivity index (χ0) is 11.8. The van der Waals surface area contributed by atoms with Gasteiger partial charge in [-0.1, -0.05) is 18.2 Å². The number of likely N-dealkylation sites (tertiary alicyclic amines) is 1. The van der Waals surface area contributed by atoms with Gasteiger partial charge in [-0.25, -0.2) is 0 Å². The first-order valence-electron chi connectivity index (χ1n) is 6.01. The lowest BCUT2D eigenvalue weighted by atomic mass is 10.2. The number of rotatable bonds is 2. The maximum atomic E-state index is 6.13. The van der Waals surface area contributed by atoms with Gasteiger partial charge in [-0.05, 0) is 12.5 Å². The molecule has 0 bridgehead atoms. The molecule has 17 heavy (non-hydrogen) atoms. The number of halogens is 1. The predicted molar refractivity (Wildman–Crippen MR) is 70.2 cm³/mol. The lowest BCUT2D eigenvalue weighted by Gasteiger charge is -2.12. The van der Waals surface area contributed by atoms with Gasteiger partial charge in [-0.15, -0.1) is 11.6 Å². The summed E-state index contributed by atoms with van der Waals surface area (Å²) in [5.74, 6) is 0. The van der Waals surface area contributed by atoms with Crippen molar-refractivity contribution >= 4 is 22.5 Å². The van der Waals surface area contributed by atoms with Crippen molar-refractivity contribution in [3.8, 4) is 0 Å². The summed E-state index contributed by atoms with van der Waals surface area (Å²) in [6.07, 6.45) is 1.09. The summed E-state index contributed by atoms with van der Waals surface area (Å²) in [5.41, 5.74) is 2.36. The highest BCUT2D eigenvalue weighted by molar-refractivity contribution is 6.20. The van der Waals surface area contributed by atoms with Crippen LogP contribution in [0.3, 0.4) is 0 Å². The average Bonchev–Trinajstić information content (AvgIpc) is 2.86. The van der Waals surface area contributed by atoms with Crippen molar-refractivity contribution in [1.29, 1.82) is 0 Å². The fourth-order valence-electron chi connectivity index (χ4n) is 2.55. The van der Waals surface area contributed by atoms with Gasteiger partial charge < -0.3 is 0 Å². The molecule has 1 saturated heterocycles. The normalized spacial score (nSPS) is 21.4. The van der Waals surface area contributed by atoms with E-state index in [1.165, 1.54) is 10.9 Å². The third kappa shape index (κ3) is 2.05. The van der Waals surface area contributed by atoms with Gasteiger partial charge in [0.25, 0.3) is 0 Å². The van der Waals surface area contributed by atoms with Gasteiger partial charge >= 0.3 is 0 Å². The number of benzene rings is 1. The highest BCUT2D eigenvalue weighted by atomic mass is 35.5. The van der Waals surface area contributed by atoms with E-state index in [9.17, 15) is 0 Å². The third-order valence-electron chi connectivity index (χ3n) is 3.42. The quantitative estimate of drug-likeness (QED) is 0.762. The second-order valence-corrected chi connectivity index (χ2v) is 5.33. The lowest BCUT2D eigenvalue weighted by molar-refractivity contribution is 0.327. The summed E-state index contributed by atoms with van der Waals surface area (Å²) in [6.45, 7) is 2.97. The smallest absolute Gasteiger partial charge is 0.0843 e. The minimum absolute atomic E-state index is 0.310. The van der Waals surface area contributed by atoms with Crippen LogP contribution in [-0.2, 0) is 13.6 Å². The summed E-state index contributed by atoms with van der Waals surface area (Å²) in [5, 5.41) is 6.18. The Morgan fingerprint density at radius 1 is 1.41 bits per heavy atom. The molecule has 1 aliphatic rings. The van der Waals surface area contributed by atoms with Crippen LogP contribution >= 0.6 is 11.6 Å². The van der Waals surface area contributed by atoms with Crippen molar-refractivity contribution < 1.29 is 0 Å². The third-order valence-corrected chi connectivity index (χ3v) is 3.78. The molecule has 90 valence electrons. The predicted octanol–water partition coefficient (Wildman–Crippen LogP) is 2.39. The number of para-hydroxylation sites is 1. The van der Waals surface area contributed by atoms with E-state index in [2.05, 4.69) is 34.3 Å². The van der Waals surface area contributed by atoms with Gasteiger partial charge in [0.05, 0.1) is 11.2 Å². The van der Waals surface area contributed by atoms with E-state index in [1.54, 1.807) is 0 Å². The summed E-state index contributed by atoms with van der Waals surface area (Å²) < 4.78 is 1.96. The zero-order valence-electron chi connectivity index (χ0n) is 9.93. The topological polar surface area (TPSA) is 21.1 Å². The SMILES string of the molecule is Cn1nc(CN2CCC(Cl)C2)c2ccccc21. The van der Waals surface area contributed by atoms with Crippen LogP contribution in [0.1, 0.15) is 12.1 Å². The van der Waals surface area contributed by atoms with Gasteiger partial charge in [0.2, 0.25) is 0 Å². The molecule has 3 rings (SSSR count). The van der Waals surface area contributed by atoms with Crippen molar-refractivity contribution in [2.75, 3.05) is 13.1 Å². The molecule has 1 atom stereocenters. The Morgan fingerprint density at radius 3 is 3.00 bits per heavy atom. The highest BCUT2D eigenvalue weighted by Crippen LogP contribution is 2.22. The van der Waals surface area contributed by atoms with E-state index in [0.29, 0.717) is 5.38 Å². The van der Waals surface area contributed by atoms with Gasteiger partial charge in [-0.3, -0.25) is 9.58 Å². The maximum absolute atomic E-state index is 6.13.